The van der Waals surface area contributed by atoms with Gasteiger partial charge in [-0.25, -0.2) is 21.6 Å². The second-order valence-corrected chi connectivity index (χ2v) is 27.2. The van der Waals surface area contributed by atoms with E-state index in [4.69, 9.17) is 23.9 Å². The molecule has 1 amide bonds. The maximum absolute atomic E-state index is 14.9. The molecule has 0 bridgehead atoms. The van der Waals surface area contributed by atoms with Crippen LogP contribution in [0, 0.1) is 15.5 Å². The Morgan fingerprint density at radius 3 is 2.42 bits per heavy atom. The summed E-state index contributed by atoms with van der Waals surface area (Å²) in [6.07, 6.45) is 6.15. The lowest BCUT2D eigenvalue weighted by Crippen LogP contribution is -2.58. The Bertz CT molecular complexity index is 3370. The molecule has 4 atom stereocenters. The van der Waals surface area contributed by atoms with Crippen LogP contribution in [0.4, 0.5) is 28.4 Å². The van der Waals surface area contributed by atoms with Crippen molar-refractivity contribution in [3.63, 3.8) is 0 Å². The number of ether oxygens (including phenoxy) is 4. The SMILES string of the molecule is CC(C)c1ccccc1[C@@H]1COCCN1C1CC2(CCN(c3ccc(C(=O)NS(=O)(=O)c4cc5c(c([N+](=O)[O-])c4)N[C@@H](CN4CCN(S(=O)(=O)C(C)C)CC4)CO5)c(N4c5cc6cc[nH]c6nc5O[C@H]5COCC[C@@H]54)c3)CC2)C1. The van der Waals surface area contributed by atoms with Crippen LogP contribution < -0.4 is 29.3 Å². The molecule has 23 heteroatoms. The molecule has 0 radical (unpaired) electrons. The predicted octanol–water partition coefficient (Wildman–Crippen LogP) is 6.75. The van der Waals surface area contributed by atoms with Crippen LogP contribution in [0.15, 0.2) is 77.8 Å². The number of pyridine rings is 1. The number of aromatic amines is 1. The Morgan fingerprint density at radius 2 is 1.66 bits per heavy atom. The van der Waals surface area contributed by atoms with Crippen LogP contribution in [0.1, 0.15) is 93.2 Å². The normalized spacial score (nSPS) is 24.0. The summed E-state index contributed by atoms with van der Waals surface area (Å²) in [7, 11) is -8.17. The fraction of sp³-hybridized carbons (Fsp3) is 0.536. The summed E-state index contributed by atoms with van der Waals surface area (Å²) in [5.41, 5.74) is 5.12. The summed E-state index contributed by atoms with van der Waals surface area (Å²) >= 11 is 0. The highest BCUT2D eigenvalue weighted by Gasteiger charge is 2.50. The number of rotatable bonds is 13. The number of H-pyrrole nitrogens is 1. The van der Waals surface area contributed by atoms with E-state index in [1.165, 1.54) is 21.5 Å². The van der Waals surface area contributed by atoms with Crippen molar-refractivity contribution in [2.45, 2.75) is 106 Å². The minimum atomic E-state index is -4.76. The smallest absolute Gasteiger partial charge is 0.297 e. The van der Waals surface area contributed by atoms with Gasteiger partial charge in [-0.1, -0.05) is 38.1 Å². The van der Waals surface area contributed by atoms with Gasteiger partial charge in [0.1, 0.15) is 24.0 Å². The number of morpholine rings is 1. The minimum Gasteiger partial charge on any atom is -0.489 e. The zero-order valence-electron chi connectivity index (χ0n) is 45.1. The summed E-state index contributed by atoms with van der Waals surface area (Å²) in [5, 5.41) is 16.2. The van der Waals surface area contributed by atoms with Crippen molar-refractivity contribution in [2.24, 2.45) is 5.41 Å². The Hall–Kier alpha value is -6.08. The quantitative estimate of drug-likeness (QED) is 0.0817. The van der Waals surface area contributed by atoms with Gasteiger partial charge in [-0.15, -0.1) is 0 Å². The van der Waals surface area contributed by atoms with Gasteiger partial charge in [-0.05, 0) is 98.7 Å². The third-order valence-corrected chi connectivity index (χ3v) is 21.2. The number of benzene rings is 3. The van der Waals surface area contributed by atoms with Gasteiger partial charge in [-0.2, -0.15) is 9.29 Å². The van der Waals surface area contributed by atoms with Crippen LogP contribution in [0.25, 0.3) is 11.0 Å². The number of sulfonamides is 2. The van der Waals surface area contributed by atoms with Gasteiger partial charge >= 0.3 is 0 Å². The first-order valence-corrected chi connectivity index (χ1v) is 30.8. The van der Waals surface area contributed by atoms with E-state index in [1.807, 2.05) is 24.3 Å². The number of carbonyl (C=O) groups is 1. The third kappa shape index (κ3) is 10.2. The number of hydrogen-bond donors (Lipinski definition) is 3. The van der Waals surface area contributed by atoms with E-state index in [1.54, 1.807) is 26.1 Å². The van der Waals surface area contributed by atoms with Gasteiger partial charge in [0.25, 0.3) is 21.6 Å². The number of nitro benzene ring substituents is 1. The van der Waals surface area contributed by atoms with E-state index in [0.717, 1.165) is 69.1 Å². The summed E-state index contributed by atoms with van der Waals surface area (Å²) < 4.78 is 82.8. The summed E-state index contributed by atoms with van der Waals surface area (Å²) in [4.78, 5) is 43.6. The van der Waals surface area contributed by atoms with Crippen molar-refractivity contribution >= 4 is 65.4 Å². The molecule has 5 fully saturated rings. The van der Waals surface area contributed by atoms with Gasteiger partial charge in [0.2, 0.25) is 15.9 Å². The second-order valence-electron chi connectivity index (χ2n) is 23.0. The number of fused-ring (bicyclic) bond motifs is 4. The van der Waals surface area contributed by atoms with E-state index in [-0.39, 0.29) is 47.7 Å². The average molecular weight is 1120 g/mol. The van der Waals surface area contributed by atoms with Gasteiger partial charge < -0.3 is 39.0 Å². The van der Waals surface area contributed by atoms with Crippen LogP contribution in [0.5, 0.6) is 11.6 Å². The number of aromatic nitrogens is 2. The molecule has 0 unspecified atom stereocenters. The van der Waals surface area contributed by atoms with Gasteiger partial charge in [0.05, 0.1) is 64.3 Å². The number of piperazine rings is 1. The van der Waals surface area contributed by atoms with Crippen LogP contribution in [-0.4, -0.2) is 167 Å². The number of anilines is 4. The number of carbonyl (C=O) groups excluding carboxylic acids is 1. The number of piperidine rings is 1. The molecule has 21 nitrogen and oxygen atoms in total. The topological polar surface area (TPSA) is 234 Å². The Kier molecular flexibility index (Phi) is 14.3. The number of amides is 1. The van der Waals surface area contributed by atoms with Gasteiger partial charge in [0, 0.05) is 94.4 Å². The van der Waals surface area contributed by atoms with Crippen molar-refractivity contribution in [1.82, 2.24) is 28.8 Å². The summed E-state index contributed by atoms with van der Waals surface area (Å²) in [6.45, 7) is 14.5. The first-order valence-electron chi connectivity index (χ1n) is 27.8. The van der Waals surface area contributed by atoms with Crippen LogP contribution >= 0.6 is 0 Å². The lowest BCUT2D eigenvalue weighted by molar-refractivity contribution is -0.384. The summed E-state index contributed by atoms with van der Waals surface area (Å²) in [6, 6.07) is 20.3. The van der Waals surface area contributed by atoms with Crippen molar-refractivity contribution in [3.8, 4) is 11.6 Å². The Balaban J connectivity index is 0.803. The van der Waals surface area contributed by atoms with Gasteiger partial charge in [0.15, 0.2) is 11.4 Å². The molecule has 5 aromatic rings. The highest BCUT2D eigenvalue weighted by atomic mass is 32.2. The molecule has 6 aliphatic heterocycles. The standard InChI is InChI=1S/C56H70N10O11S2/c1-35(2)42-7-5-6-8-43(42)49-33-75-24-22-64(49)40-29-56(30-40)13-16-62(17-14-56)39-9-10-44(46(26-39)65-45-12-23-74-34-51(45)77-55-48(65)25-37-11-15-57-53(37)59-55)54(67)60-78(70,71)41-27-47(66(68)69)52-50(28-41)76-32-38(58-52)31-61-18-20-63(21-19-61)79(72,73)36(3)4/h5-11,15,25-28,35-36,38,40,45,49,51,58H,12-14,16-24,29-34H2,1-4H3,(H,57,59)(H,60,67)/t38-,45-,49-,51-/m0/s1. The van der Waals surface area contributed by atoms with E-state index < -0.39 is 58.9 Å². The molecule has 3 N–H and O–H groups in total. The third-order valence-electron chi connectivity index (χ3n) is 17.6. The van der Waals surface area contributed by atoms with E-state index in [0.29, 0.717) is 87.2 Å². The van der Waals surface area contributed by atoms with Crippen molar-refractivity contribution in [3.05, 3.63) is 99.7 Å². The van der Waals surface area contributed by atoms with E-state index in [9.17, 15) is 31.7 Å². The predicted molar refractivity (Wildman–Crippen MR) is 299 cm³/mol. The lowest BCUT2D eigenvalue weighted by Gasteiger charge is -2.57. The highest BCUT2D eigenvalue weighted by Crippen LogP contribution is 2.54. The van der Waals surface area contributed by atoms with E-state index >= 15 is 0 Å². The monoisotopic (exact) mass is 1120 g/mol. The fourth-order valence-corrected chi connectivity index (χ4v) is 15.5. The average Bonchev–Trinajstić information content (AvgIpc) is 4.05. The second kappa shape index (κ2) is 21.1. The number of nitrogens with one attached hydrogen (secondary N) is 3. The first-order chi connectivity index (χ1) is 37.9. The van der Waals surface area contributed by atoms with Crippen LogP contribution in [0.3, 0.4) is 0 Å². The number of hydrogen-bond acceptors (Lipinski definition) is 17. The number of nitro groups is 1. The van der Waals surface area contributed by atoms with Crippen LogP contribution in [0.2, 0.25) is 0 Å². The zero-order chi connectivity index (χ0) is 55.0. The molecule has 1 spiro atoms. The zero-order valence-corrected chi connectivity index (χ0v) is 46.8. The summed E-state index contributed by atoms with van der Waals surface area (Å²) in [5.74, 6) is -0.212. The molecular weight excluding hydrogens is 1050 g/mol. The van der Waals surface area contributed by atoms with Gasteiger partial charge in [-0.3, -0.25) is 24.7 Å². The molecular formula is C56H70N10O11S2. The maximum atomic E-state index is 14.9. The molecule has 12 rings (SSSR count). The Morgan fingerprint density at radius 1 is 0.886 bits per heavy atom. The van der Waals surface area contributed by atoms with Crippen molar-refractivity contribution in [1.29, 1.82) is 0 Å². The molecule has 1 saturated carbocycles. The molecule has 8 heterocycles. The Labute approximate surface area is 461 Å². The molecule has 422 valence electrons. The molecule has 1 aliphatic carbocycles. The molecule has 3 aromatic carbocycles. The largest absolute Gasteiger partial charge is 0.489 e. The first kappa shape index (κ1) is 53.6. The molecule has 7 aliphatic rings. The van der Waals surface area contributed by atoms with Crippen molar-refractivity contribution < 1.29 is 45.5 Å². The maximum Gasteiger partial charge on any atom is 0.297 e. The molecule has 79 heavy (non-hydrogen) atoms. The van der Waals surface area contributed by atoms with E-state index in [2.05, 4.69) is 72.7 Å². The molecule has 2 aromatic heterocycles. The number of nitrogens with zero attached hydrogens (tertiary/aromatic N) is 7. The highest BCUT2D eigenvalue weighted by molar-refractivity contribution is 7.90. The minimum absolute atomic E-state index is 0.0160. The lowest BCUT2D eigenvalue weighted by atomic mass is 9.59. The van der Waals surface area contributed by atoms with Crippen molar-refractivity contribution in [2.75, 3.05) is 101 Å². The fourth-order valence-electron chi connectivity index (χ4n) is 13.2. The van der Waals surface area contributed by atoms with Crippen LogP contribution in [-0.2, 0) is 29.5 Å². The molecule has 4 saturated heterocycles.